The van der Waals surface area contributed by atoms with E-state index in [1.807, 2.05) is 4.90 Å². The van der Waals surface area contributed by atoms with Crippen molar-refractivity contribution in [1.29, 1.82) is 0 Å². The van der Waals surface area contributed by atoms with Gasteiger partial charge in [-0.15, -0.1) is 0 Å². The van der Waals surface area contributed by atoms with Crippen molar-refractivity contribution in [2.24, 2.45) is 11.7 Å². The van der Waals surface area contributed by atoms with E-state index in [1.165, 1.54) is 0 Å². The van der Waals surface area contributed by atoms with E-state index in [0.717, 1.165) is 26.7 Å². The molecule has 8 heteroatoms. The molecule has 0 aromatic carbocycles. The molecule has 1 aliphatic carbocycles. The highest BCUT2D eigenvalue weighted by atomic mass is 16.4. The molecule has 0 aromatic heterocycles. The molecule has 3 atom stereocenters. The quantitative estimate of drug-likeness (QED) is 0.382. The van der Waals surface area contributed by atoms with Gasteiger partial charge in [-0.1, -0.05) is 12.7 Å². The number of amides is 1. The van der Waals surface area contributed by atoms with E-state index >= 15 is 0 Å². The Labute approximate surface area is 144 Å². The van der Waals surface area contributed by atoms with Gasteiger partial charge in [-0.25, -0.2) is 0 Å². The maximum absolute atomic E-state index is 12.3. The van der Waals surface area contributed by atoms with Crippen LogP contribution in [0.3, 0.4) is 0 Å². The molecule has 135 valence electrons. The highest BCUT2D eigenvalue weighted by molar-refractivity contribution is 6.25. The lowest BCUT2D eigenvalue weighted by Gasteiger charge is -2.51. The molecular formula is C16H29BN3O4. The lowest BCUT2D eigenvalue weighted by molar-refractivity contribution is -0.152. The molecule has 0 bridgehead atoms. The molecule has 1 heterocycles. The molecule has 2 rings (SSSR count). The van der Waals surface area contributed by atoms with Gasteiger partial charge in [0.25, 0.3) is 7.48 Å². The Kier molecular flexibility index (Phi) is 6.28. The van der Waals surface area contributed by atoms with Gasteiger partial charge in [0, 0.05) is 12.1 Å². The minimum Gasteiger partial charge on any atom is -0.480 e. The largest absolute Gasteiger partial charge is 0.480 e. The molecule has 1 aliphatic heterocycles. The summed E-state index contributed by atoms with van der Waals surface area (Å²) in [6, 6.07) is 0. The van der Waals surface area contributed by atoms with Crippen molar-refractivity contribution in [3.05, 3.63) is 0 Å². The molecular weight excluding hydrogens is 309 g/mol. The number of hydrogen-bond acceptors (Lipinski definition) is 5. The van der Waals surface area contributed by atoms with Gasteiger partial charge in [-0.2, -0.15) is 0 Å². The molecule has 3 unspecified atom stereocenters. The number of nitrogens with zero attached hydrogens (tertiary/aromatic N) is 1. The fourth-order valence-corrected chi connectivity index (χ4v) is 4.80. The van der Waals surface area contributed by atoms with Crippen molar-refractivity contribution in [1.82, 2.24) is 10.2 Å². The summed E-state index contributed by atoms with van der Waals surface area (Å²) in [7, 11) is 2.83. The van der Waals surface area contributed by atoms with E-state index in [-0.39, 0.29) is 23.9 Å². The molecule has 24 heavy (non-hydrogen) atoms. The number of carbonyl (C=O) groups is 2. The van der Waals surface area contributed by atoms with Gasteiger partial charge < -0.3 is 26.1 Å². The summed E-state index contributed by atoms with van der Waals surface area (Å²) in [6.07, 6.45) is 5.72. The van der Waals surface area contributed by atoms with E-state index in [9.17, 15) is 14.7 Å². The van der Waals surface area contributed by atoms with Crippen LogP contribution in [0.5, 0.6) is 0 Å². The summed E-state index contributed by atoms with van der Waals surface area (Å²) in [6.45, 7) is 0.717. The maximum atomic E-state index is 12.3. The van der Waals surface area contributed by atoms with E-state index in [1.54, 1.807) is 7.05 Å². The number of carboxylic acids is 1. The third-order valence-electron chi connectivity index (χ3n) is 6.09. The van der Waals surface area contributed by atoms with Crippen LogP contribution in [0.1, 0.15) is 44.9 Å². The predicted molar refractivity (Wildman–Crippen MR) is 91.5 cm³/mol. The molecule has 1 radical (unpaired) electrons. The van der Waals surface area contributed by atoms with Crippen LogP contribution in [0.15, 0.2) is 0 Å². The maximum Gasteiger partial charge on any atom is 0.324 e. The van der Waals surface area contributed by atoms with Crippen molar-refractivity contribution in [2.75, 3.05) is 20.1 Å². The highest BCUT2D eigenvalue weighted by Crippen LogP contribution is 2.49. The summed E-state index contributed by atoms with van der Waals surface area (Å²) in [5.41, 5.74) is 4.37. The van der Waals surface area contributed by atoms with Crippen molar-refractivity contribution in [3.63, 3.8) is 0 Å². The predicted octanol–water partition coefficient (Wildman–Crippen LogP) is -0.0408. The number of rotatable bonds is 7. The fraction of sp³-hybridized carbons (Fsp3) is 0.875. The Balaban J connectivity index is 2.25. The van der Waals surface area contributed by atoms with Crippen molar-refractivity contribution in [2.45, 2.75) is 62.3 Å². The number of nitrogens with two attached hydrogens (primary N) is 1. The zero-order valence-electron chi connectivity index (χ0n) is 14.5. The molecule has 2 aliphatic rings. The zero-order chi connectivity index (χ0) is 17.8. The van der Waals surface area contributed by atoms with Gasteiger partial charge in [0.15, 0.2) is 0 Å². The second kappa shape index (κ2) is 7.84. The van der Waals surface area contributed by atoms with Gasteiger partial charge in [-0.05, 0) is 51.5 Å². The number of hydrogen-bond donors (Lipinski definition) is 4. The first-order chi connectivity index (χ1) is 11.5. The Morgan fingerprint density at radius 1 is 1.38 bits per heavy atom. The van der Waals surface area contributed by atoms with Gasteiger partial charge >= 0.3 is 5.97 Å². The smallest absolute Gasteiger partial charge is 0.324 e. The Morgan fingerprint density at radius 2 is 2.12 bits per heavy atom. The number of likely N-dealkylation sites (tertiary alicyclic amines) is 1. The minimum absolute atomic E-state index is 0.00197. The lowest BCUT2D eigenvalue weighted by Crippen LogP contribution is -2.64. The molecule has 1 amide bonds. The van der Waals surface area contributed by atoms with Gasteiger partial charge in [0.1, 0.15) is 5.54 Å². The highest BCUT2D eigenvalue weighted by Gasteiger charge is 2.56. The summed E-state index contributed by atoms with van der Waals surface area (Å²) in [4.78, 5) is 26.2. The van der Waals surface area contributed by atoms with Crippen LogP contribution in [-0.2, 0) is 9.59 Å². The van der Waals surface area contributed by atoms with Crippen LogP contribution in [0.25, 0.3) is 0 Å². The fourth-order valence-electron chi connectivity index (χ4n) is 4.80. The second-order valence-electron chi connectivity index (χ2n) is 7.12. The SMILES string of the molecule is CNC1(C(=O)O)CCC2(CCCN2C(=O)CN)CC1CCC[B]O. The van der Waals surface area contributed by atoms with Crippen LogP contribution in [0.4, 0.5) is 0 Å². The number of aliphatic carboxylic acids is 1. The number of likely N-dealkylation sites (N-methyl/N-ethyl adjacent to an activating group) is 1. The third-order valence-corrected chi connectivity index (χ3v) is 6.09. The van der Waals surface area contributed by atoms with Crippen molar-refractivity contribution >= 4 is 19.4 Å². The first-order valence-corrected chi connectivity index (χ1v) is 8.84. The Morgan fingerprint density at radius 3 is 2.71 bits per heavy atom. The first kappa shape index (κ1) is 19.2. The Hall–Kier alpha value is -1.12. The van der Waals surface area contributed by atoms with Crippen LogP contribution >= 0.6 is 0 Å². The third kappa shape index (κ3) is 3.32. The molecule has 1 saturated carbocycles. The average molecular weight is 338 g/mol. The zero-order valence-corrected chi connectivity index (χ0v) is 14.5. The first-order valence-electron chi connectivity index (χ1n) is 8.84. The summed E-state index contributed by atoms with van der Waals surface area (Å²) < 4.78 is 0. The summed E-state index contributed by atoms with van der Waals surface area (Å²) in [5.74, 6) is -0.949. The summed E-state index contributed by atoms with van der Waals surface area (Å²) >= 11 is 0. The van der Waals surface area contributed by atoms with Crippen LogP contribution in [-0.4, -0.2) is 65.6 Å². The Bertz CT molecular complexity index is 478. The van der Waals surface area contributed by atoms with E-state index in [0.29, 0.717) is 38.5 Å². The number of carbonyl (C=O) groups excluding carboxylic acids is 1. The topological polar surface area (TPSA) is 116 Å². The standard InChI is InChI=1S/C16H29BN3O4/c1-19-16(14(22)23)7-6-15(10-12(16)4-2-8-17-24)5-3-9-20(15)13(21)11-18/h12,19,24H,2-11,18H2,1H3,(H,22,23). The normalized spacial score (nSPS) is 33.0. The minimum atomic E-state index is -0.958. The van der Waals surface area contributed by atoms with Crippen LogP contribution < -0.4 is 11.1 Å². The van der Waals surface area contributed by atoms with E-state index in [4.69, 9.17) is 10.8 Å². The van der Waals surface area contributed by atoms with Gasteiger partial charge in [0.2, 0.25) is 5.91 Å². The summed E-state index contributed by atoms with van der Waals surface area (Å²) in [5, 5.41) is 21.8. The number of nitrogens with one attached hydrogen (secondary N) is 1. The molecule has 2 fully saturated rings. The van der Waals surface area contributed by atoms with Crippen LogP contribution in [0, 0.1) is 5.92 Å². The van der Waals surface area contributed by atoms with Gasteiger partial charge in [-0.3, -0.25) is 9.59 Å². The lowest BCUT2D eigenvalue weighted by atomic mass is 9.62. The van der Waals surface area contributed by atoms with E-state index in [2.05, 4.69) is 5.32 Å². The molecule has 5 N–H and O–H groups in total. The van der Waals surface area contributed by atoms with Crippen molar-refractivity contribution < 1.29 is 19.7 Å². The molecule has 1 spiro atoms. The van der Waals surface area contributed by atoms with Crippen molar-refractivity contribution in [3.8, 4) is 0 Å². The second-order valence-corrected chi connectivity index (χ2v) is 7.12. The molecule has 0 aromatic rings. The average Bonchev–Trinajstić information content (AvgIpc) is 2.98. The molecule has 1 saturated heterocycles. The molecule has 7 nitrogen and oxygen atoms in total. The monoisotopic (exact) mass is 338 g/mol. The van der Waals surface area contributed by atoms with Gasteiger partial charge in [0.05, 0.1) is 6.54 Å². The number of carboxylic acid groups (broad SMARTS) is 1. The van der Waals surface area contributed by atoms with Crippen LogP contribution in [0.2, 0.25) is 6.32 Å². The van der Waals surface area contributed by atoms with E-state index < -0.39 is 11.5 Å².